The Morgan fingerprint density at radius 2 is 2.18 bits per heavy atom. The average molecular weight is 418 g/mol. The zero-order valence-electron chi connectivity index (χ0n) is 15.1. The molecular formula is C18H19N5O3S2. The van der Waals surface area contributed by atoms with Crippen molar-refractivity contribution in [3.05, 3.63) is 65.0 Å². The zero-order chi connectivity index (χ0) is 19.7. The first kappa shape index (κ1) is 18.9. The summed E-state index contributed by atoms with van der Waals surface area (Å²) < 4.78 is 27.0. The third-order valence-corrected chi connectivity index (χ3v) is 7.40. The lowest BCUT2D eigenvalue weighted by atomic mass is 10.1. The molecule has 10 heteroatoms. The fourth-order valence-electron chi connectivity index (χ4n) is 3.32. The molecule has 0 bridgehead atoms. The minimum absolute atomic E-state index is 0.107. The molecule has 0 spiro atoms. The van der Waals surface area contributed by atoms with E-state index >= 15 is 0 Å². The first-order valence-electron chi connectivity index (χ1n) is 8.81. The lowest BCUT2D eigenvalue weighted by Crippen LogP contribution is -2.15. The van der Waals surface area contributed by atoms with Crippen molar-refractivity contribution in [2.24, 2.45) is 0 Å². The van der Waals surface area contributed by atoms with Gasteiger partial charge in [0.2, 0.25) is 0 Å². The summed E-state index contributed by atoms with van der Waals surface area (Å²) in [5, 5.41) is 9.17. The fraction of sp³-hybridized carbons (Fsp3) is 0.333. The van der Waals surface area contributed by atoms with Crippen LogP contribution in [0, 0.1) is 0 Å². The van der Waals surface area contributed by atoms with Crippen LogP contribution in [0.4, 0.5) is 0 Å². The van der Waals surface area contributed by atoms with Gasteiger partial charge in [-0.3, -0.25) is 9.20 Å². The van der Waals surface area contributed by atoms with E-state index in [2.05, 4.69) is 21.8 Å². The Morgan fingerprint density at radius 1 is 1.32 bits per heavy atom. The van der Waals surface area contributed by atoms with Gasteiger partial charge in [-0.05, 0) is 18.6 Å². The van der Waals surface area contributed by atoms with E-state index in [1.54, 1.807) is 24.4 Å². The van der Waals surface area contributed by atoms with Crippen LogP contribution in [-0.4, -0.2) is 44.1 Å². The molecule has 1 atom stereocenters. The van der Waals surface area contributed by atoms with Crippen LogP contribution >= 0.6 is 11.8 Å². The lowest BCUT2D eigenvalue weighted by Gasteiger charge is -2.11. The Labute approximate surface area is 166 Å². The average Bonchev–Trinajstić information content (AvgIpc) is 3.23. The minimum Gasteiger partial charge on any atom is -0.302 e. The second-order valence-corrected chi connectivity index (χ2v) is 9.81. The number of thioether (sulfide) groups is 1. The summed E-state index contributed by atoms with van der Waals surface area (Å²) in [5.74, 6) is 1.28. The van der Waals surface area contributed by atoms with Crippen molar-refractivity contribution >= 4 is 27.2 Å². The van der Waals surface area contributed by atoms with Gasteiger partial charge in [-0.1, -0.05) is 23.9 Å². The van der Waals surface area contributed by atoms with Gasteiger partial charge in [0.1, 0.15) is 11.5 Å². The summed E-state index contributed by atoms with van der Waals surface area (Å²) in [6, 6.07) is 6.92. The van der Waals surface area contributed by atoms with E-state index in [0.29, 0.717) is 41.0 Å². The maximum absolute atomic E-state index is 12.2. The van der Waals surface area contributed by atoms with E-state index in [4.69, 9.17) is 0 Å². The Kier molecular flexibility index (Phi) is 5.07. The Hall–Kier alpha value is -2.46. The predicted octanol–water partition coefficient (Wildman–Crippen LogP) is 1.67. The monoisotopic (exact) mass is 417 g/mol. The maximum Gasteiger partial charge on any atom is 0.258 e. The van der Waals surface area contributed by atoms with E-state index in [1.165, 1.54) is 22.2 Å². The largest absolute Gasteiger partial charge is 0.302 e. The van der Waals surface area contributed by atoms with Crippen molar-refractivity contribution < 1.29 is 8.42 Å². The van der Waals surface area contributed by atoms with Crippen LogP contribution in [0.1, 0.15) is 23.9 Å². The number of hydrogen-bond donors (Lipinski definition) is 0. The normalized spacial score (nSPS) is 18.5. The van der Waals surface area contributed by atoms with Crippen LogP contribution in [0.2, 0.25) is 0 Å². The van der Waals surface area contributed by atoms with Crippen molar-refractivity contribution in [1.82, 2.24) is 24.1 Å². The number of hydrogen-bond acceptors (Lipinski definition) is 7. The fourth-order valence-corrected chi connectivity index (χ4v) is 5.91. The summed E-state index contributed by atoms with van der Waals surface area (Å²) >= 11 is 1.42. The number of rotatable bonds is 6. The van der Waals surface area contributed by atoms with Crippen molar-refractivity contribution in [2.75, 3.05) is 11.5 Å². The van der Waals surface area contributed by atoms with Gasteiger partial charge < -0.3 is 4.57 Å². The summed E-state index contributed by atoms with van der Waals surface area (Å²) in [5.41, 5.74) is 1.11. The number of aromatic nitrogens is 5. The van der Waals surface area contributed by atoms with Crippen molar-refractivity contribution in [1.29, 1.82) is 0 Å². The summed E-state index contributed by atoms with van der Waals surface area (Å²) in [4.78, 5) is 16.7. The molecule has 146 valence electrons. The highest BCUT2D eigenvalue weighted by Gasteiger charge is 2.33. The van der Waals surface area contributed by atoms with Crippen LogP contribution in [0.3, 0.4) is 0 Å². The molecule has 8 nitrogen and oxygen atoms in total. The highest BCUT2D eigenvalue weighted by Crippen LogP contribution is 2.30. The van der Waals surface area contributed by atoms with Gasteiger partial charge in [0.25, 0.3) is 5.56 Å². The van der Waals surface area contributed by atoms with E-state index < -0.39 is 9.84 Å². The van der Waals surface area contributed by atoms with E-state index in [-0.39, 0.29) is 23.0 Å². The molecule has 4 rings (SSSR count). The van der Waals surface area contributed by atoms with Crippen molar-refractivity contribution in [3.63, 3.8) is 0 Å². The van der Waals surface area contributed by atoms with Crippen LogP contribution in [0.5, 0.6) is 0 Å². The van der Waals surface area contributed by atoms with E-state index in [1.807, 2.05) is 10.6 Å². The molecule has 1 aliphatic rings. The summed E-state index contributed by atoms with van der Waals surface area (Å²) in [6.07, 6.45) is 3.98. The third-order valence-electron chi connectivity index (χ3n) is 4.63. The molecule has 0 aliphatic carbocycles. The zero-order valence-corrected chi connectivity index (χ0v) is 16.7. The van der Waals surface area contributed by atoms with E-state index in [9.17, 15) is 13.2 Å². The van der Waals surface area contributed by atoms with Crippen LogP contribution in [-0.2, 0) is 22.1 Å². The first-order chi connectivity index (χ1) is 13.5. The number of allylic oxidation sites excluding steroid dienone is 1. The van der Waals surface area contributed by atoms with Gasteiger partial charge in [-0.25, -0.2) is 13.4 Å². The summed E-state index contributed by atoms with van der Waals surface area (Å²) in [7, 11) is -3.01. The number of fused-ring (bicyclic) bond motifs is 1. The van der Waals surface area contributed by atoms with Crippen molar-refractivity contribution in [2.45, 2.75) is 29.8 Å². The lowest BCUT2D eigenvalue weighted by molar-refractivity contribution is 0.597. The molecule has 1 fully saturated rings. The van der Waals surface area contributed by atoms with Crippen LogP contribution in [0.15, 0.2) is 53.1 Å². The molecule has 3 aromatic heterocycles. The van der Waals surface area contributed by atoms with Gasteiger partial charge >= 0.3 is 0 Å². The van der Waals surface area contributed by atoms with Crippen molar-refractivity contribution in [3.8, 4) is 0 Å². The number of nitrogens with zero attached hydrogens (tertiary/aromatic N) is 5. The van der Waals surface area contributed by atoms with E-state index in [0.717, 1.165) is 0 Å². The topological polar surface area (TPSA) is 99.2 Å². The molecular weight excluding hydrogens is 398 g/mol. The second-order valence-electron chi connectivity index (χ2n) is 6.64. The molecule has 4 heterocycles. The molecule has 0 unspecified atom stereocenters. The molecule has 1 aliphatic heterocycles. The molecule has 1 saturated heterocycles. The summed E-state index contributed by atoms with van der Waals surface area (Å²) in [6.45, 7) is 4.27. The Morgan fingerprint density at radius 3 is 2.93 bits per heavy atom. The number of sulfone groups is 1. The SMILES string of the molecule is C=CCn1c(SCc2cc(=O)n3ccccc3n2)nnc1[C@@H]1CCS(=O)(=O)C1. The predicted molar refractivity (Wildman–Crippen MR) is 107 cm³/mol. The van der Waals surface area contributed by atoms with Gasteiger partial charge in [0.05, 0.1) is 17.2 Å². The van der Waals surface area contributed by atoms with Gasteiger partial charge in [-0.2, -0.15) is 0 Å². The molecule has 0 aromatic carbocycles. The standard InChI is InChI=1S/C18H19N5O3S2/c1-2-7-23-17(13-6-9-28(25,26)12-13)20-21-18(23)27-11-14-10-16(24)22-8-4-3-5-15(22)19-14/h2-5,8,10,13H,1,6-7,9,11-12H2/t13-/m1/s1. The second kappa shape index (κ2) is 7.51. The van der Waals surface area contributed by atoms with Crippen LogP contribution in [0.25, 0.3) is 5.65 Å². The molecule has 28 heavy (non-hydrogen) atoms. The molecule has 0 N–H and O–H groups in total. The quantitative estimate of drug-likeness (QED) is 0.444. The highest BCUT2D eigenvalue weighted by atomic mass is 32.2. The Bertz CT molecular complexity index is 1200. The molecule has 0 radical (unpaired) electrons. The molecule has 0 saturated carbocycles. The van der Waals surface area contributed by atoms with Gasteiger partial charge in [0, 0.05) is 30.5 Å². The van der Waals surface area contributed by atoms with Crippen LogP contribution < -0.4 is 5.56 Å². The first-order valence-corrected chi connectivity index (χ1v) is 11.6. The third kappa shape index (κ3) is 3.74. The smallest absolute Gasteiger partial charge is 0.258 e. The number of pyridine rings is 1. The Balaban J connectivity index is 1.58. The van der Waals surface area contributed by atoms with Gasteiger partial charge in [0.15, 0.2) is 15.0 Å². The highest BCUT2D eigenvalue weighted by molar-refractivity contribution is 7.98. The van der Waals surface area contributed by atoms with Gasteiger partial charge in [-0.15, -0.1) is 16.8 Å². The minimum atomic E-state index is -3.01. The maximum atomic E-state index is 12.2. The molecule has 0 amide bonds. The molecule has 3 aromatic rings.